The maximum Gasteiger partial charge on any atom is 0.256 e. The molecule has 1 aliphatic rings. The number of aromatic nitrogens is 2. The Bertz CT molecular complexity index is 879. The van der Waals surface area contributed by atoms with E-state index < -0.39 is 0 Å². The average Bonchev–Trinajstić information content (AvgIpc) is 3.00. The zero-order valence-corrected chi connectivity index (χ0v) is 14.5. The summed E-state index contributed by atoms with van der Waals surface area (Å²) < 4.78 is 2.04. The molecule has 4 rings (SSSR count). The van der Waals surface area contributed by atoms with Gasteiger partial charge in [-0.2, -0.15) is 0 Å². The van der Waals surface area contributed by atoms with Crippen molar-refractivity contribution in [1.82, 2.24) is 14.5 Å². The number of quaternary nitrogens is 1. The fourth-order valence-electron chi connectivity index (χ4n) is 3.67. The number of piperazine rings is 1. The van der Waals surface area contributed by atoms with Gasteiger partial charge in [0.25, 0.3) is 5.91 Å². The number of para-hydroxylation sites is 1. The van der Waals surface area contributed by atoms with Crippen LogP contribution in [-0.4, -0.2) is 46.5 Å². The van der Waals surface area contributed by atoms with Gasteiger partial charge in [-0.25, -0.2) is 0 Å². The Morgan fingerprint density at radius 3 is 2.60 bits per heavy atom. The number of hydrogen-bond donors (Lipinski definition) is 1. The van der Waals surface area contributed by atoms with Crippen LogP contribution in [0.1, 0.15) is 15.9 Å². The van der Waals surface area contributed by atoms with Gasteiger partial charge in [-0.1, -0.05) is 18.2 Å². The fraction of sp³-hybridized carbons (Fsp3) is 0.300. The maximum absolute atomic E-state index is 13.0. The van der Waals surface area contributed by atoms with E-state index in [1.54, 1.807) is 0 Å². The van der Waals surface area contributed by atoms with Gasteiger partial charge in [0.05, 0.1) is 31.7 Å². The van der Waals surface area contributed by atoms with Gasteiger partial charge in [-0.15, -0.1) is 0 Å². The molecule has 5 nitrogen and oxygen atoms in total. The molecule has 1 amide bonds. The van der Waals surface area contributed by atoms with Crippen molar-refractivity contribution in [2.75, 3.05) is 26.2 Å². The van der Waals surface area contributed by atoms with E-state index in [0.29, 0.717) is 0 Å². The Labute approximate surface area is 147 Å². The van der Waals surface area contributed by atoms with E-state index in [4.69, 9.17) is 0 Å². The SMILES string of the molecule is Cn1cc(C(=O)N2CC[NH+](Cc3ccncc3)CC2)c2ccccc21. The summed E-state index contributed by atoms with van der Waals surface area (Å²) in [5.41, 5.74) is 3.22. The molecule has 1 aliphatic heterocycles. The van der Waals surface area contributed by atoms with Crippen molar-refractivity contribution >= 4 is 16.8 Å². The van der Waals surface area contributed by atoms with Crippen LogP contribution in [0.4, 0.5) is 0 Å². The standard InChI is InChI=1S/C20H22N4O/c1-22-15-18(17-4-2-3-5-19(17)22)20(25)24-12-10-23(11-13-24)14-16-6-8-21-9-7-16/h2-9,15H,10-14H2,1H3/p+1. The second-order valence-electron chi connectivity index (χ2n) is 6.75. The Morgan fingerprint density at radius 1 is 1.12 bits per heavy atom. The lowest BCUT2D eigenvalue weighted by Gasteiger charge is -2.32. The third kappa shape index (κ3) is 3.15. The van der Waals surface area contributed by atoms with Crippen molar-refractivity contribution in [3.05, 3.63) is 66.1 Å². The second kappa shape index (κ2) is 6.69. The molecular weight excluding hydrogens is 312 g/mol. The number of nitrogens with one attached hydrogen (secondary N) is 1. The highest BCUT2D eigenvalue weighted by Crippen LogP contribution is 2.21. The van der Waals surface area contributed by atoms with E-state index in [1.165, 1.54) is 10.5 Å². The average molecular weight is 335 g/mol. The van der Waals surface area contributed by atoms with Crippen molar-refractivity contribution < 1.29 is 9.69 Å². The fourth-order valence-corrected chi connectivity index (χ4v) is 3.67. The first kappa shape index (κ1) is 15.8. The van der Waals surface area contributed by atoms with Crippen molar-refractivity contribution in [3.63, 3.8) is 0 Å². The number of fused-ring (bicyclic) bond motifs is 1. The van der Waals surface area contributed by atoms with Crippen molar-refractivity contribution in [1.29, 1.82) is 0 Å². The highest BCUT2D eigenvalue weighted by atomic mass is 16.2. The summed E-state index contributed by atoms with van der Waals surface area (Å²) in [7, 11) is 2.00. The highest BCUT2D eigenvalue weighted by Gasteiger charge is 2.26. The molecule has 5 heteroatoms. The lowest BCUT2D eigenvalue weighted by atomic mass is 10.1. The molecule has 1 N–H and O–H groups in total. The number of carbonyl (C=O) groups is 1. The van der Waals surface area contributed by atoms with Crippen LogP contribution >= 0.6 is 0 Å². The van der Waals surface area contributed by atoms with Gasteiger partial charge >= 0.3 is 0 Å². The van der Waals surface area contributed by atoms with Crippen LogP contribution in [0.3, 0.4) is 0 Å². The zero-order valence-electron chi connectivity index (χ0n) is 14.5. The van der Waals surface area contributed by atoms with E-state index in [-0.39, 0.29) is 5.91 Å². The third-order valence-corrected chi connectivity index (χ3v) is 5.09. The van der Waals surface area contributed by atoms with Crippen LogP contribution < -0.4 is 4.90 Å². The number of rotatable bonds is 3. The quantitative estimate of drug-likeness (QED) is 0.779. The number of pyridine rings is 1. The highest BCUT2D eigenvalue weighted by molar-refractivity contribution is 6.07. The smallest absolute Gasteiger partial charge is 0.256 e. The van der Waals surface area contributed by atoms with Crippen LogP contribution in [0.5, 0.6) is 0 Å². The Morgan fingerprint density at radius 2 is 1.84 bits per heavy atom. The van der Waals surface area contributed by atoms with Crippen molar-refractivity contribution in [2.24, 2.45) is 7.05 Å². The zero-order chi connectivity index (χ0) is 17.2. The molecule has 1 fully saturated rings. The third-order valence-electron chi connectivity index (χ3n) is 5.09. The molecule has 0 saturated carbocycles. The number of benzene rings is 1. The lowest BCUT2D eigenvalue weighted by molar-refractivity contribution is -0.917. The van der Waals surface area contributed by atoms with Gasteiger partial charge in [0.2, 0.25) is 0 Å². The molecule has 0 spiro atoms. The first-order valence-electron chi connectivity index (χ1n) is 8.78. The van der Waals surface area contributed by atoms with Gasteiger partial charge in [0.1, 0.15) is 6.54 Å². The van der Waals surface area contributed by atoms with E-state index in [9.17, 15) is 4.79 Å². The topological polar surface area (TPSA) is 42.6 Å². The minimum Gasteiger partial charge on any atom is -0.350 e. The molecule has 128 valence electrons. The van der Waals surface area contributed by atoms with E-state index in [1.807, 2.05) is 53.3 Å². The summed E-state index contributed by atoms with van der Waals surface area (Å²) in [6.07, 6.45) is 5.65. The molecule has 3 aromatic rings. The second-order valence-corrected chi connectivity index (χ2v) is 6.75. The molecule has 25 heavy (non-hydrogen) atoms. The van der Waals surface area contributed by atoms with Crippen LogP contribution in [0.15, 0.2) is 55.0 Å². The first-order chi connectivity index (χ1) is 12.2. The van der Waals surface area contributed by atoms with E-state index in [2.05, 4.69) is 23.2 Å². The molecule has 2 aromatic heterocycles. The number of aryl methyl sites for hydroxylation is 1. The lowest BCUT2D eigenvalue weighted by Crippen LogP contribution is -3.13. The predicted molar refractivity (Wildman–Crippen MR) is 97.5 cm³/mol. The Kier molecular flexibility index (Phi) is 4.24. The summed E-state index contributed by atoms with van der Waals surface area (Å²) in [4.78, 5) is 20.6. The van der Waals surface area contributed by atoms with Gasteiger partial charge < -0.3 is 14.4 Å². The van der Waals surface area contributed by atoms with Crippen molar-refractivity contribution in [2.45, 2.75) is 6.54 Å². The number of amides is 1. The van der Waals surface area contributed by atoms with Gasteiger partial charge in [-0.3, -0.25) is 9.78 Å². The van der Waals surface area contributed by atoms with Crippen LogP contribution in [-0.2, 0) is 13.6 Å². The maximum atomic E-state index is 13.0. The van der Waals surface area contributed by atoms with Crippen LogP contribution in [0, 0.1) is 0 Å². The normalized spacial score (nSPS) is 15.6. The molecule has 0 atom stereocenters. The molecule has 0 radical (unpaired) electrons. The largest absolute Gasteiger partial charge is 0.350 e. The van der Waals surface area contributed by atoms with Crippen LogP contribution in [0.2, 0.25) is 0 Å². The summed E-state index contributed by atoms with van der Waals surface area (Å²) in [6, 6.07) is 12.2. The molecule has 0 bridgehead atoms. The van der Waals surface area contributed by atoms with Crippen LogP contribution in [0.25, 0.3) is 10.9 Å². The Balaban J connectivity index is 1.44. The molecule has 0 unspecified atom stereocenters. The molecule has 3 heterocycles. The summed E-state index contributed by atoms with van der Waals surface area (Å²) in [5.74, 6) is 0.153. The number of hydrogen-bond acceptors (Lipinski definition) is 2. The predicted octanol–water partition coefficient (Wildman–Crippen LogP) is 1.11. The molecule has 1 saturated heterocycles. The monoisotopic (exact) mass is 335 g/mol. The minimum absolute atomic E-state index is 0.153. The summed E-state index contributed by atoms with van der Waals surface area (Å²) in [5, 5.41) is 1.04. The van der Waals surface area contributed by atoms with E-state index in [0.717, 1.165) is 49.2 Å². The molecule has 1 aromatic carbocycles. The van der Waals surface area contributed by atoms with E-state index >= 15 is 0 Å². The number of carbonyl (C=O) groups excluding carboxylic acids is 1. The minimum atomic E-state index is 0.153. The summed E-state index contributed by atoms with van der Waals surface area (Å²) in [6.45, 7) is 4.58. The first-order valence-corrected chi connectivity index (χ1v) is 8.78. The molecule has 0 aliphatic carbocycles. The number of nitrogens with zero attached hydrogens (tertiary/aromatic N) is 3. The van der Waals surface area contributed by atoms with Gasteiger partial charge in [0.15, 0.2) is 0 Å². The molecular formula is C20H23N4O+. The van der Waals surface area contributed by atoms with Crippen molar-refractivity contribution in [3.8, 4) is 0 Å². The Hall–Kier alpha value is -2.66. The van der Waals surface area contributed by atoms with Gasteiger partial charge in [0, 0.05) is 42.1 Å². The van der Waals surface area contributed by atoms with Gasteiger partial charge in [-0.05, 0) is 18.2 Å². The summed E-state index contributed by atoms with van der Waals surface area (Å²) >= 11 is 0.